The fraction of sp³-hybridized carbons (Fsp3) is 0.216. The van der Waals surface area contributed by atoms with Crippen LogP contribution in [0.1, 0.15) is 34.6 Å². The van der Waals surface area contributed by atoms with Crippen molar-refractivity contribution in [2.24, 2.45) is 0 Å². The normalized spacial score (nSPS) is 16.8. The summed E-state index contributed by atoms with van der Waals surface area (Å²) in [7, 11) is 0. The van der Waals surface area contributed by atoms with Gasteiger partial charge >= 0.3 is 0 Å². The van der Waals surface area contributed by atoms with Crippen molar-refractivity contribution in [1.29, 1.82) is 0 Å². The summed E-state index contributed by atoms with van der Waals surface area (Å²) in [4.78, 5) is 20.1. The molecule has 1 aliphatic rings. The summed E-state index contributed by atoms with van der Waals surface area (Å²) in [6, 6.07) is 41.2. The maximum absolute atomic E-state index is 13.5. The van der Waals surface area contributed by atoms with Crippen molar-refractivity contribution in [2.45, 2.75) is 38.1 Å². The van der Waals surface area contributed by atoms with E-state index in [-0.39, 0.29) is 36.3 Å². The van der Waals surface area contributed by atoms with E-state index in [1.54, 1.807) is 0 Å². The predicted octanol–water partition coefficient (Wildman–Crippen LogP) is 7.16. The van der Waals surface area contributed by atoms with Crippen LogP contribution in [0.4, 0.5) is 0 Å². The van der Waals surface area contributed by atoms with E-state index in [0.29, 0.717) is 19.7 Å². The Morgan fingerprint density at radius 1 is 0.727 bits per heavy atom. The van der Waals surface area contributed by atoms with Crippen LogP contribution < -0.4 is 0 Å². The van der Waals surface area contributed by atoms with Gasteiger partial charge in [-0.15, -0.1) is 0 Å². The Bertz CT molecular complexity index is 1690. The molecule has 0 spiro atoms. The highest BCUT2D eigenvalue weighted by atomic mass is 17.1. The largest absolute Gasteiger partial charge is 0.371 e. The summed E-state index contributed by atoms with van der Waals surface area (Å²) in [6.07, 6.45) is 0.921. The molecular weight excluding hydrogens is 552 g/mol. The Morgan fingerprint density at radius 2 is 1.43 bits per heavy atom. The van der Waals surface area contributed by atoms with Gasteiger partial charge in [-0.1, -0.05) is 115 Å². The summed E-state index contributed by atoms with van der Waals surface area (Å²) in [5.41, 5.74) is 6.33. The summed E-state index contributed by atoms with van der Waals surface area (Å²) < 4.78 is 6.67. The summed E-state index contributed by atoms with van der Waals surface area (Å²) >= 11 is 0. The van der Waals surface area contributed by atoms with Crippen molar-refractivity contribution in [3.05, 3.63) is 144 Å². The number of carbonyl (C=O) groups is 1. The first-order valence-electron chi connectivity index (χ1n) is 14.9. The number of rotatable bonds is 10. The number of nitrogens with zero attached hydrogens (tertiary/aromatic N) is 2. The van der Waals surface area contributed by atoms with Gasteiger partial charge in [0.2, 0.25) is 5.91 Å². The molecule has 5 aromatic carbocycles. The molecule has 1 fully saturated rings. The van der Waals surface area contributed by atoms with Gasteiger partial charge in [-0.2, -0.15) is 0 Å². The first-order chi connectivity index (χ1) is 21.5. The number of hydrogen-bond donors (Lipinski definition) is 2. The number of piperidine rings is 1. The molecule has 2 N–H and O–H groups in total. The van der Waals surface area contributed by atoms with Gasteiger partial charge in [0, 0.05) is 19.0 Å². The van der Waals surface area contributed by atoms with Crippen LogP contribution in [0.2, 0.25) is 0 Å². The van der Waals surface area contributed by atoms with Crippen LogP contribution in [0.25, 0.3) is 21.9 Å². The summed E-state index contributed by atoms with van der Waals surface area (Å²) in [5, 5.41) is 19.6. The molecule has 0 aliphatic carbocycles. The molecule has 7 heteroatoms. The highest BCUT2D eigenvalue weighted by Crippen LogP contribution is 2.34. The topological polar surface area (TPSA) is 82.5 Å². The van der Waals surface area contributed by atoms with Gasteiger partial charge in [0.25, 0.3) is 0 Å². The lowest BCUT2D eigenvalue weighted by molar-refractivity contribution is -0.497. The van der Waals surface area contributed by atoms with E-state index < -0.39 is 0 Å². The molecular formula is C37H36N2O5. The molecule has 7 nitrogen and oxygen atoms in total. The Kier molecular flexibility index (Phi) is 9.41. The maximum atomic E-state index is 13.5. The van der Waals surface area contributed by atoms with Gasteiger partial charge in [-0.25, -0.2) is 4.84 Å². The standard InChI is InChI=1S/C37H36N2O5/c40-37(22-27-13-15-28(16-14-27)26-44-39(41)42)38-20-19-35(34-12-6-11-33(23-34)30-7-2-1-3-8-30)36(24-38)43-25-29-17-18-31-9-4-5-10-32(31)21-29/h1-18,21,23,35-36,41-42H,19-20,22,24-26H2/t35-,36+/m1/s1. The quantitative estimate of drug-likeness (QED) is 0.169. The summed E-state index contributed by atoms with van der Waals surface area (Å²) in [6.45, 7) is 1.65. The molecule has 0 saturated carbocycles. The number of ether oxygens (including phenoxy) is 1. The number of amides is 1. The third-order valence-electron chi connectivity index (χ3n) is 8.34. The van der Waals surface area contributed by atoms with Gasteiger partial charge in [-0.3, -0.25) is 15.2 Å². The second-order valence-corrected chi connectivity index (χ2v) is 11.3. The molecule has 1 saturated heterocycles. The molecule has 224 valence electrons. The smallest absolute Gasteiger partial charge is 0.227 e. The van der Waals surface area contributed by atoms with Crippen LogP contribution in [0.15, 0.2) is 121 Å². The van der Waals surface area contributed by atoms with E-state index in [2.05, 4.69) is 83.7 Å². The van der Waals surface area contributed by atoms with Crippen molar-refractivity contribution >= 4 is 16.7 Å². The average molecular weight is 589 g/mol. The van der Waals surface area contributed by atoms with Gasteiger partial charge < -0.3 is 9.64 Å². The molecule has 5 aromatic rings. The number of hydrogen-bond acceptors (Lipinski definition) is 6. The molecule has 2 atom stereocenters. The monoisotopic (exact) mass is 588 g/mol. The van der Waals surface area contributed by atoms with E-state index in [9.17, 15) is 4.79 Å². The van der Waals surface area contributed by atoms with Crippen LogP contribution in [0, 0.1) is 0 Å². The van der Waals surface area contributed by atoms with E-state index >= 15 is 0 Å². The van der Waals surface area contributed by atoms with Crippen LogP contribution in [0.5, 0.6) is 0 Å². The zero-order valence-electron chi connectivity index (χ0n) is 24.5. The van der Waals surface area contributed by atoms with Crippen LogP contribution in [0.3, 0.4) is 0 Å². The van der Waals surface area contributed by atoms with Crippen LogP contribution in [-0.2, 0) is 34.0 Å². The molecule has 1 heterocycles. The van der Waals surface area contributed by atoms with E-state index in [1.165, 1.54) is 27.5 Å². The van der Waals surface area contributed by atoms with Gasteiger partial charge in [-0.05, 0) is 56.6 Å². The van der Waals surface area contributed by atoms with Crippen LogP contribution in [-0.4, -0.2) is 45.8 Å². The van der Waals surface area contributed by atoms with Crippen molar-refractivity contribution in [2.75, 3.05) is 13.1 Å². The molecule has 6 rings (SSSR count). The number of likely N-dealkylation sites (tertiary alicyclic amines) is 1. The van der Waals surface area contributed by atoms with Crippen LogP contribution >= 0.6 is 0 Å². The van der Waals surface area contributed by atoms with Crippen molar-refractivity contribution < 1.29 is 24.8 Å². The second-order valence-electron chi connectivity index (χ2n) is 11.3. The molecule has 0 unspecified atom stereocenters. The van der Waals surface area contributed by atoms with E-state index in [1.807, 2.05) is 47.4 Å². The number of carbonyl (C=O) groups excluding carboxylic acids is 1. The predicted molar refractivity (Wildman–Crippen MR) is 169 cm³/mol. The van der Waals surface area contributed by atoms with Crippen molar-refractivity contribution in [3.63, 3.8) is 0 Å². The Balaban J connectivity index is 1.19. The second kappa shape index (κ2) is 13.9. The average Bonchev–Trinajstić information content (AvgIpc) is 3.07. The Morgan fingerprint density at radius 3 is 2.23 bits per heavy atom. The fourth-order valence-electron chi connectivity index (χ4n) is 5.98. The fourth-order valence-corrected chi connectivity index (χ4v) is 5.98. The third-order valence-corrected chi connectivity index (χ3v) is 8.34. The zero-order valence-corrected chi connectivity index (χ0v) is 24.5. The maximum Gasteiger partial charge on any atom is 0.227 e. The first-order valence-corrected chi connectivity index (χ1v) is 14.9. The Hall–Kier alpha value is -4.37. The molecule has 1 amide bonds. The zero-order chi connectivity index (χ0) is 30.3. The van der Waals surface area contributed by atoms with E-state index in [4.69, 9.17) is 15.2 Å². The highest BCUT2D eigenvalue weighted by molar-refractivity contribution is 5.83. The minimum Gasteiger partial charge on any atom is -0.371 e. The molecule has 0 radical (unpaired) electrons. The molecule has 1 aliphatic heterocycles. The van der Waals surface area contributed by atoms with Gasteiger partial charge in [0.15, 0.2) is 0 Å². The van der Waals surface area contributed by atoms with Crippen molar-refractivity contribution in [1.82, 2.24) is 10.3 Å². The molecule has 0 bridgehead atoms. The lowest BCUT2D eigenvalue weighted by Gasteiger charge is -2.39. The first kappa shape index (κ1) is 29.7. The summed E-state index contributed by atoms with van der Waals surface area (Å²) in [5.74, 6) is 0.210. The number of fused-ring (bicyclic) bond motifs is 1. The molecule has 44 heavy (non-hydrogen) atoms. The minimum atomic E-state index is -0.308. The lowest BCUT2D eigenvalue weighted by Crippen LogP contribution is -2.47. The lowest BCUT2D eigenvalue weighted by atomic mass is 9.85. The number of benzene rings is 5. The SMILES string of the molecule is O=C(Cc1ccc(CON(O)O)cc1)N1CC[C@H](c2cccc(-c3ccccc3)c2)[C@@H](OCc2ccc3ccccc3c2)C1. The molecule has 0 aromatic heterocycles. The van der Waals surface area contributed by atoms with Crippen molar-refractivity contribution in [3.8, 4) is 11.1 Å². The highest BCUT2D eigenvalue weighted by Gasteiger charge is 2.33. The van der Waals surface area contributed by atoms with Gasteiger partial charge in [0.05, 0.1) is 31.1 Å². The third kappa shape index (κ3) is 7.39. The minimum absolute atomic E-state index is 0.0104. The van der Waals surface area contributed by atoms with Gasteiger partial charge in [0.1, 0.15) is 0 Å². The van der Waals surface area contributed by atoms with E-state index in [0.717, 1.165) is 23.1 Å². The Labute approximate surface area is 257 Å².